The first-order chi connectivity index (χ1) is 10.1. The van der Waals surface area contributed by atoms with Crippen molar-refractivity contribution in [2.24, 2.45) is 5.73 Å². The molecule has 0 unspecified atom stereocenters. The number of rotatable bonds is 3. The van der Waals surface area contributed by atoms with Crippen LogP contribution >= 0.6 is 0 Å². The van der Waals surface area contributed by atoms with Gasteiger partial charge in [0.25, 0.3) is 0 Å². The highest BCUT2D eigenvalue weighted by Crippen LogP contribution is 2.29. The Morgan fingerprint density at radius 3 is 2.86 bits per heavy atom. The number of fused-ring (bicyclic) bond motifs is 1. The number of hydrogen-bond donors (Lipinski definition) is 2. The number of nitrogens with zero attached hydrogens (tertiary/aromatic N) is 1. The molecule has 5 nitrogen and oxygen atoms in total. The molecular formula is C16H17N3O2. The summed E-state index contributed by atoms with van der Waals surface area (Å²) in [5.74, 6) is 1.30. The zero-order valence-electron chi connectivity index (χ0n) is 11.8. The molecule has 0 fully saturated rings. The average molecular weight is 283 g/mol. The predicted octanol–water partition coefficient (Wildman–Crippen LogP) is 2.78. The molecule has 1 aromatic carbocycles. The maximum absolute atomic E-state index is 11.3. The fraction of sp³-hybridized carbons (Fsp3) is 0.250. The van der Waals surface area contributed by atoms with Gasteiger partial charge >= 0.3 is 0 Å². The summed E-state index contributed by atoms with van der Waals surface area (Å²) in [5.41, 5.74) is 8.70. The summed E-state index contributed by atoms with van der Waals surface area (Å²) in [6.07, 6.45) is 2.96. The molecule has 5 heteroatoms. The van der Waals surface area contributed by atoms with Gasteiger partial charge in [0.15, 0.2) is 0 Å². The van der Waals surface area contributed by atoms with E-state index >= 15 is 0 Å². The Balaban J connectivity index is 1.77. The van der Waals surface area contributed by atoms with Crippen LogP contribution in [0.5, 0.6) is 11.6 Å². The average Bonchev–Trinajstić information content (AvgIpc) is 2.48. The number of aryl methyl sites for hydroxylation is 1. The van der Waals surface area contributed by atoms with Crippen molar-refractivity contribution in [2.45, 2.75) is 25.8 Å². The standard InChI is InChI=1S/C16H17N3O2/c1-10(17)12-3-7-16(18-9-12)21-13-4-5-14-11(8-13)2-6-15(20)19-14/h3-5,7-10H,2,6,17H2,1H3,(H,19,20)/t10-/m1/s1. The zero-order valence-corrected chi connectivity index (χ0v) is 11.8. The molecule has 0 radical (unpaired) electrons. The van der Waals surface area contributed by atoms with Gasteiger partial charge in [-0.15, -0.1) is 0 Å². The SMILES string of the molecule is C[C@@H](N)c1ccc(Oc2ccc3c(c2)CCC(=O)N3)nc1. The van der Waals surface area contributed by atoms with E-state index in [9.17, 15) is 4.79 Å². The molecule has 1 aromatic heterocycles. The van der Waals surface area contributed by atoms with Gasteiger partial charge in [-0.25, -0.2) is 4.98 Å². The molecule has 108 valence electrons. The molecule has 0 bridgehead atoms. The van der Waals surface area contributed by atoms with Crippen molar-refractivity contribution in [3.8, 4) is 11.6 Å². The van der Waals surface area contributed by atoms with E-state index in [4.69, 9.17) is 10.5 Å². The normalized spacial score (nSPS) is 15.0. The number of hydrogen-bond acceptors (Lipinski definition) is 4. The van der Waals surface area contributed by atoms with Gasteiger partial charge in [-0.2, -0.15) is 0 Å². The minimum atomic E-state index is -0.0427. The number of amides is 1. The lowest BCUT2D eigenvalue weighted by molar-refractivity contribution is -0.116. The van der Waals surface area contributed by atoms with E-state index < -0.39 is 0 Å². The van der Waals surface area contributed by atoms with Crippen LogP contribution in [0.25, 0.3) is 0 Å². The fourth-order valence-corrected chi connectivity index (χ4v) is 2.27. The third-order valence-corrected chi connectivity index (χ3v) is 3.48. The Morgan fingerprint density at radius 2 is 2.14 bits per heavy atom. The Hall–Kier alpha value is -2.40. The molecule has 0 saturated carbocycles. The van der Waals surface area contributed by atoms with E-state index in [0.29, 0.717) is 18.1 Å². The predicted molar refractivity (Wildman–Crippen MR) is 80.3 cm³/mol. The number of anilines is 1. The van der Waals surface area contributed by atoms with Crippen LogP contribution in [0.3, 0.4) is 0 Å². The Bertz CT molecular complexity index is 666. The minimum Gasteiger partial charge on any atom is -0.439 e. The van der Waals surface area contributed by atoms with Crippen LogP contribution in [0.15, 0.2) is 36.5 Å². The van der Waals surface area contributed by atoms with Crippen molar-refractivity contribution < 1.29 is 9.53 Å². The molecule has 3 N–H and O–H groups in total. The lowest BCUT2D eigenvalue weighted by atomic mass is 10.0. The molecular weight excluding hydrogens is 266 g/mol. The maximum atomic E-state index is 11.3. The highest BCUT2D eigenvalue weighted by atomic mass is 16.5. The summed E-state index contributed by atoms with van der Waals surface area (Å²) < 4.78 is 5.74. The van der Waals surface area contributed by atoms with E-state index in [1.165, 1.54) is 0 Å². The molecule has 0 spiro atoms. The molecule has 1 aliphatic heterocycles. The van der Waals surface area contributed by atoms with Gasteiger partial charge in [0.2, 0.25) is 11.8 Å². The highest BCUT2D eigenvalue weighted by Gasteiger charge is 2.15. The number of pyridine rings is 1. The topological polar surface area (TPSA) is 77.2 Å². The largest absolute Gasteiger partial charge is 0.439 e. The van der Waals surface area contributed by atoms with E-state index in [1.54, 1.807) is 12.3 Å². The van der Waals surface area contributed by atoms with Crippen LogP contribution in [-0.2, 0) is 11.2 Å². The highest BCUT2D eigenvalue weighted by molar-refractivity contribution is 5.94. The molecule has 1 amide bonds. The van der Waals surface area contributed by atoms with E-state index in [1.807, 2.05) is 31.2 Å². The molecule has 21 heavy (non-hydrogen) atoms. The first-order valence-electron chi connectivity index (χ1n) is 6.94. The van der Waals surface area contributed by atoms with Gasteiger partial charge in [0, 0.05) is 30.4 Å². The molecule has 1 aliphatic rings. The smallest absolute Gasteiger partial charge is 0.224 e. The second-order valence-electron chi connectivity index (χ2n) is 5.19. The third kappa shape index (κ3) is 3.03. The van der Waals surface area contributed by atoms with Gasteiger partial charge in [0.1, 0.15) is 5.75 Å². The van der Waals surface area contributed by atoms with Crippen LogP contribution in [-0.4, -0.2) is 10.9 Å². The molecule has 1 atom stereocenters. The van der Waals surface area contributed by atoms with Crippen LogP contribution in [0.2, 0.25) is 0 Å². The van der Waals surface area contributed by atoms with Gasteiger partial charge in [-0.3, -0.25) is 4.79 Å². The van der Waals surface area contributed by atoms with Crippen LogP contribution < -0.4 is 15.8 Å². The zero-order chi connectivity index (χ0) is 14.8. The van der Waals surface area contributed by atoms with Crippen molar-refractivity contribution in [1.82, 2.24) is 4.98 Å². The molecule has 3 rings (SSSR count). The Kier molecular flexibility index (Phi) is 3.58. The number of ether oxygens (including phenoxy) is 1. The molecule has 0 saturated heterocycles. The quantitative estimate of drug-likeness (QED) is 0.908. The van der Waals surface area contributed by atoms with Gasteiger partial charge < -0.3 is 15.8 Å². The number of carbonyl (C=O) groups excluding carboxylic acids is 1. The van der Waals surface area contributed by atoms with E-state index in [-0.39, 0.29) is 11.9 Å². The lowest BCUT2D eigenvalue weighted by Crippen LogP contribution is -2.18. The second kappa shape index (κ2) is 5.54. The van der Waals surface area contributed by atoms with Crippen molar-refractivity contribution in [1.29, 1.82) is 0 Å². The van der Waals surface area contributed by atoms with Crippen LogP contribution in [0, 0.1) is 0 Å². The summed E-state index contributed by atoms with van der Waals surface area (Å²) >= 11 is 0. The summed E-state index contributed by atoms with van der Waals surface area (Å²) in [6, 6.07) is 9.30. The number of aromatic nitrogens is 1. The summed E-state index contributed by atoms with van der Waals surface area (Å²) in [5, 5.41) is 2.85. The van der Waals surface area contributed by atoms with Gasteiger partial charge in [-0.05, 0) is 42.7 Å². The van der Waals surface area contributed by atoms with Crippen LogP contribution in [0.1, 0.15) is 30.5 Å². The molecule has 2 aromatic rings. The minimum absolute atomic E-state index is 0.0427. The lowest BCUT2D eigenvalue weighted by Gasteiger charge is -2.17. The Morgan fingerprint density at radius 1 is 1.29 bits per heavy atom. The van der Waals surface area contributed by atoms with Crippen molar-refractivity contribution in [2.75, 3.05) is 5.32 Å². The number of benzene rings is 1. The first kappa shape index (κ1) is 13.6. The summed E-state index contributed by atoms with van der Waals surface area (Å²) in [4.78, 5) is 15.6. The monoisotopic (exact) mass is 283 g/mol. The van der Waals surface area contributed by atoms with Crippen molar-refractivity contribution >= 4 is 11.6 Å². The third-order valence-electron chi connectivity index (χ3n) is 3.48. The molecule has 2 heterocycles. The Labute approximate surface area is 123 Å². The first-order valence-corrected chi connectivity index (χ1v) is 6.94. The second-order valence-corrected chi connectivity index (χ2v) is 5.19. The van der Waals surface area contributed by atoms with Crippen molar-refractivity contribution in [3.63, 3.8) is 0 Å². The van der Waals surface area contributed by atoms with E-state index in [0.717, 1.165) is 23.2 Å². The maximum Gasteiger partial charge on any atom is 0.224 e. The van der Waals surface area contributed by atoms with Crippen LogP contribution in [0.4, 0.5) is 5.69 Å². The molecule has 0 aliphatic carbocycles. The number of carbonyl (C=O) groups is 1. The van der Waals surface area contributed by atoms with E-state index in [2.05, 4.69) is 10.3 Å². The fourth-order valence-electron chi connectivity index (χ4n) is 2.27. The van der Waals surface area contributed by atoms with Crippen molar-refractivity contribution in [3.05, 3.63) is 47.7 Å². The number of nitrogens with one attached hydrogen (secondary N) is 1. The summed E-state index contributed by atoms with van der Waals surface area (Å²) in [7, 11) is 0. The summed E-state index contributed by atoms with van der Waals surface area (Å²) in [6.45, 7) is 1.91. The number of nitrogens with two attached hydrogens (primary N) is 1. The van der Waals surface area contributed by atoms with Gasteiger partial charge in [0.05, 0.1) is 0 Å². The van der Waals surface area contributed by atoms with Gasteiger partial charge in [-0.1, -0.05) is 6.07 Å².